The Hall–Kier alpha value is -0.570. The minimum Gasteiger partial charge on any atom is -0.512 e. The average Bonchev–Trinajstić information content (AvgIpc) is 1.94. The van der Waals surface area contributed by atoms with E-state index in [-0.39, 0.29) is 11.5 Å². The maximum absolute atomic E-state index is 10.9. The Kier molecular flexibility index (Phi) is 2.49. The Morgan fingerprint density at radius 3 is 2.73 bits per heavy atom. The first-order valence-electron chi connectivity index (χ1n) is 3.40. The molecule has 11 heavy (non-hydrogen) atoms. The van der Waals surface area contributed by atoms with Gasteiger partial charge in [-0.05, 0) is 23.9 Å². The number of ketones is 1. The summed E-state index contributed by atoms with van der Waals surface area (Å²) in [5.74, 6) is 0.125. The summed E-state index contributed by atoms with van der Waals surface area (Å²) in [6.07, 6.45) is 3.02. The van der Waals surface area contributed by atoms with E-state index in [1.54, 1.807) is 6.08 Å². The molecular formula is C8H9BrO2. The molecule has 0 amide bonds. The van der Waals surface area contributed by atoms with Gasteiger partial charge in [0.2, 0.25) is 0 Å². The Morgan fingerprint density at radius 1 is 1.64 bits per heavy atom. The van der Waals surface area contributed by atoms with Gasteiger partial charge in [0.1, 0.15) is 5.76 Å². The van der Waals surface area contributed by atoms with E-state index >= 15 is 0 Å². The fourth-order valence-electron chi connectivity index (χ4n) is 0.989. The van der Waals surface area contributed by atoms with Crippen molar-refractivity contribution < 1.29 is 9.90 Å². The van der Waals surface area contributed by atoms with Crippen LogP contribution < -0.4 is 0 Å². The first kappa shape index (κ1) is 8.53. The molecule has 0 fully saturated rings. The quantitative estimate of drug-likeness (QED) is 0.732. The highest BCUT2D eigenvalue weighted by Crippen LogP contribution is 2.26. The minimum absolute atomic E-state index is 0.0841. The molecule has 0 saturated carbocycles. The first-order chi connectivity index (χ1) is 5.11. The number of hydrogen-bond donors (Lipinski definition) is 1. The molecule has 1 aliphatic carbocycles. The fraction of sp³-hybridized carbons (Fsp3) is 0.375. The van der Waals surface area contributed by atoms with Gasteiger partial charge in [-0.2, -0.15) is 0 Å². The maximum Gasteiger partial charge on any atom is 0.163 e. The summed E-state index contributed by atoms with van der Waals surface area (Å²) in [7, 11) is 0. The third kappa shape index (κ3) is 1.93. The van der Waals surface area contributed by atoms with Gasteiger partial charge in [-0.1, -0.05) is 15.9 Å². The third-order valence-corrected chi connectivity index (χ3v) is 2.22. The zero-order chi connectivity index (χ0) is 8.43. The zero-order valence-electron chi connectivity index (χ0n) is 6.22. The summed E-state index contributed by atoms with van der Waals surface area (Å²) in [6.45, 7) is 1.45. The van der Waals surface area contributed by atoms with Crippen molar-refractivity contribution >= 4 is 21.7 Å². The van der Waals surface area contributed by atoms with E-state index in [2.05, 4.69) is 15.9 Å². The van der Waals surface area contributed by atoms with Gasteiger partial charge in [0.15, 0.2) is 5.78 Å². The molecule has 3 heteroatoms. The van der Waals surface area contributed by atoms with Gasteiger partial charge in [-0.25, -0.2) is 0 Å². The monoisotopic (exact) mass is 216 g/mol. The molecule has 2 nitrogen and oxygen atoms in total. The van der Waals surface area contributed by atoms with Crippen LogP contribution in [0.2, 0.25) is 0 Å². The lowest BCUT2D eigenvalue weighted by molar-refractivity contribution is -0.113. The lowest BCUT2D eigenvalue weighted by Crippen LogP contribution is -2.03. The number of aliphatic hydroxyl groups excluding tert-OH is 1. The summed E-state index contributed by atoms with van der Waals surface area (Å²) >= 11 is 3.29. The molecule has 1 aliphatic rings. The summed E-state index contributed by atoms with van der Waals surface area (Å²) in [5, 5.41) is 9.25. The second-order valence-electron chi connectivity index (χ2n) is 2.51. The highest BCUT2D eigenvalue weighted by atomic mass is 79.9. The van der Waals surface area contributed by atoms with Crippen LogP contribution in [-0.2, 0) is 4.79 Å². The van der Waals surface area contributed by atoms with Gasteiger partial charge >= 0.3 is 0 Å². The topological polar surface area (TPSA) is 37.3 Å². The molecule has 0 heterocycles. The lowest BCUT2D eigenvalue weighted by Gasteiger charge is -2.10. The van der Waals surface area contributed by atoms with Crippen LogP contribution in [0.5, 0.6) is 0 Å². The summed E-state index contributed by atoms with van der Waals surface area (Å²) < 4.78 is 0.973. The van der Waals surface area contributed by atoms with E-state index in [1.807, 2.05) is 0 Å². The molecule has 0 unspecified atom stereocenters. The normalized spacial score (nSPS) is 18.2. The molecule has 0 radical (unpaired) electrons. The molecule has 0 atom stereocenters. The van der Waals surface area contributed by atoms with Crippen LogP contribution in [0.25, 0.3) is 0 Å². The SMILES string of the molecule is CC(=O)C1=C(O)CCC(Br)=C1. The van der Waals surface area contributed by atoms with Crippen LogP contribution in [-0.4, -0.2) is 10.9 Å². The molecule has 0 saturated heterocycles. The summed E-state index contributed by atoms with van der Waals surface area (Å²) in [4.78, 5) is 10.9. The largest absolute Gasteiger partial charge is 0.512 e. The number of aliphatic hydroxyl groups is 1. The Labute approximate surface area is 73.7 Å². The van der Waals surface area contributed by atoms with Crippen molar-refractivity contribution in [1.82, 2.24) is 0 Å². The van der Waals surface area contributed by atoms with Crippen molar-refractivity contribution in [3.63, 3.8) is 0 Å². The van der Waals surface area contributed by atoms with Gasteiger partial charge in [0, 0.05) is 6.42 Å². The average molecular weight is 217 g/mol. The van der Waals surface area contributed by atoms with Gasteiger partial charge in [-0.15, -0.1) is 0 Å². The van der Waals surface area contributed by atoms with Crippen LogP contribution in [0.4, 0.5) is 0 Å². The van der Waals surface area contributed by atoms with E-state index in [1.165, 1.54) is 6.92 Å². The first-order valence-corrected chi connectivity index (χ1v) is 4.19. The number of carbonyl (C=O) groups excluding carboxylic acids is 1. The number of halogens is 1. The standard InChI is InChI=1S/C8H9BrO2/c1-5(10)7-4-6(9)2-3-8(7)11/h4,11H,2-3H2,1H3. The number of hydrogen-bond acceptors (Lipinski definition) is 2. The van der Waals surface area contributed by atoms with Crippen LogP contribution in [0.15, 0.2) is 21.9 Å². The van der Waals surface area contributed by atoms with E-state index in [4.69, 9.17) is 0 Å². The van der Waals surface area contributed by atoms with Crippen molar-refractivity contribution in [2.75, 3.05) is 0 Å². The van der Waals surface area contributed by atoms with Gasteiger partial charge in [0.25, 0.3) is 0 Å². The van der Waals surface area contributed by atoms with E-state index in [9.17, 15) is 9.90 Å². The highest BCUT2D eigenvalue weighted by Gasteiger charge is 2.13. The van der Waals surface area contributed by atoms with E-state index < -0.39 is 0 Å². The molecular weight excluding hydrogens is 208 g/mol. The van der Waals surface area contributed by atoms with Crippen molar-refractivity contribution in [1.29, 1.82) is 0 Å². The molecule has 0 aromatic carbocycles. The van der Waals surface area contributed by atoms with Crippen LogP contribution >= 0.6 is 15.9 Å². The van der Waals surface area contributed by atoms with Crippen molar-refractivity contribution in [2.24, 2.45) is 0 Å². The molecule has 0 aliphatic heterocycles. The molecule has 0 aromatic heterocycles. The maximum atomic E-state index is 10.9. The predicted octanol–water partition coefficient (Wildman–Crippen LogP) is 2.46. The minimum atomic E-state index is -0.0841. The summed E-state index contributed by atoms with van der Waals surface area (Å²) in [6, 6.07) is 0. The van der Waals surface area contributed by atoms with Gasteiger partial charge in [0.05, 0.1) is 5.57 Å². The van der Waals surface area contributed by atoms with E-state index in [0.29, 0.717) is 12.0 Å². The number of carbonyl (C=O) groups is 1. The van der Waals surface area contributed by atoms with Crippen molar-refractivity contribution in [3.8, 4) is 0 Å². The Bertz CT molecular complexity index is 251. The second kappa shape index (κ2) is 3.22. The second-order valence-corrected chi connectivity index (χ2v) is 3.53. The van der Waals surface area contributed by atoms with E-state index in [0.717, 1.165) is 10.9 Å². The Morgan fingerprint density at radius 2 is 2.27 bits per heavy atom. The van der Waals surface area contributed by atoms with Gasteiger partial charge in [-0.3, -0.25) is 4.79 Å². The van der Waals surface area contributed by atoms with Crippen molar-refractivity contribution in [3.05, 3.63) is 21.9 Å². The highest BCUT2D eigenvalue weighted by molar-refractivity contribution is 9.11. The van der Waals surface area contributed by atoms with Gasteiger partial charge < -0.3 is 5.11 Å². The lowest BCUT2D eigenvalue weighted by atomic mass is 10.0. The summed E-state index contributed by atoms with van der Waals surface area (Å²) in [5.41, 5.74) is 0.433. The predicted molar refractivity (Wildman–Crippen MR) is 46.6 cm³/mol. The molecule has 1 N–H and O–H groups in total. The zero-order valence-corrected chi connectivity index (χ0v) is 7.81. The molecule has 0 bridgehead atoms. The van der Waals surface area contributed by atoms with Crippen LogP contribution in [0.1, 0.15) is 19.8 Å². The Balaban J connectivity index is 2.98. The number of rotatable bonds is 1. The molecule has 1 rings (SSSR count). The third-order valence-electron chi connectivity index (χ3n) is 1.59. The fourth-order valence-corrected chi connectivity index (χ4v) is 1.42. The smallest absolute Gasteiger partial charge is 0.163 e. The van der Waals surface area contributed by atoms with Crippen molar-refractivity contribution in [2.45, 2.75) is 19.8 Å². The van der Waals surface area contributed by atoms with Crippen LogP contribution in [0, 0.1) is 0 Å². The number of Topliss-reactive ketones (excluding diaryl/α,β-unsaturated/α-hetero) is 1. The molecule has 0 spiro atoms. The van der Waals surface area contributed by atoms with Crippen LogP contribution in [0.3, 0.4) is 0 Å². The number of allylic oxidation sites excluding steroid dienone is 4. The molecule has 60 valence electrons. The molecule has 0 aromatic rings.